The van der Waals surface area contributed by atoms with E-state index in [4.69, 9.17) is 5.11 Å². The number of anilines is 1. The average molecular weight is 359 g/mol. The highest BCUT2D eigenvalue weighted by atomic mass is 32.2. The number of carboxylic acids is 1. The molecule has 0 bridgehead atoms. The summed E-state index contributed by atoms with van der Waals surface area (Å²) in [7, 11) is -3.05. The largest absolute Gasteiger partial charge is 0.478 e. The van der Waals surface area contributed by atoms with Crippen LogP contribution in [0.4, 0.5) is 10.1 Å². The molecule has 10 heteroatoms. The maximum atomic E-state index is 13.3. The molecule has 23 heavy (non-hydrogen) atoms. The standard InChI is InChI=1S/C13H10FNO6S2/c1-21-13(18)11-10(4-5-22-11)15-23(19,20)7-2-3-9(14)8(6-7)12(16)17/h2-6,15H,1H3,(H,16,17). The third-order valence-corrected chi connectivity index (χ3v) is 5.02. The molecule has 0 saturated carbocycles. The minimum absolute atomic E-state index is 0.0111. The van der Waals surface area contributed by atoms with Crippen LogP contribution in [0.15, 0.2) is 34.5 Å². The zero-order chi connectivity index (χ0) is 17.2. The smallest absolute Gasteiger partial charge is 0.350 e. The number of methoxy groups -OCH3 is 1. The predicted octanol–water partition coefficient (Wildman–Crippen LogP) is 2.17. The Kier molecular flexibility index (Phi) is 4.66. The van der Waals surface area contributed by atoms with Crippen LogP contribution >= 0.6 is 11.3 Å². The third kappa shape index (κ3) is 3.48. The van der Waals surface area contributed by atoms with Crippen molar-refractivity contribution in [3.63, 3.8) is 0 Å². The molecule has 7 nitrogen and oxygen atoms in total. The lowest BCUT2D eigenvalue weighted by atomic mass is 10.2. The predicted molar refractivity (Wildman–Crippen MR) is 79.8 cm³/mol. The van der Waals surface area contributed by atoms with Crippen molar-refractivity contribution in [3.05, 3.63) is 45.9 Å². The number of hydrogen-bond acceptors (Lipinski definition) is 6. The molecule has 1 heterocycles. The molecule has 0 saturated heterocycles. The maximum Gasteiger partial charge on any atom is 0.350 e. The van der Waals surface area contributed by atoms with Crippen LogP contribution in [0, 0.1) is 5.82 Å². The highest BCUT2D eigenvalue weighted by Gasteiger charge is 2.22. The van der Waals surface area contributed by atoms with Crippen LogP contribution in [0.3, 0.4) is 0 Å². The van der Waals surface area contributed by atoms with Gasteiger partial charge in [-0.05, 0) is 29.6 Å². The summed E-state index contributed by atoms with van der Waals surface area (Å²) in [4.78, 5) is 22.0. The van der Waals surface area contributed by atoms with Crippen molar-refractivity contribution in [2.75, 3.05) is 11.8 Å². The maximum absolute atomic E-state index is 13.3. The lowest BCUT2D eigenvalue weighted by Crippen LogP contribution is -2.16. The van der Waals surface area contributed by atoms with Crippen LogP contribution in [0.5, 0.6) is 0 Å². The molecular formula is C13H10FNO6S2. The fourth-order valence-corrected chi connectivity index (χ4v) is 3.61. The SMILES string of the molecule is COC(=O)c1sccc1NS(=O)(=O)c1ccc(F)c(C(=O)O)c1. The lowest BCUT2D eigenvalue weighted by Gasteiger charge is -2.09. The molecule has 122 valence electrons. The van der Waals surface area contributed by atoms with E-state index in [0.29, 0.717) is 6.07 Å². The van der Waals surface area contributed by atoms with Gasteiger partial charge < -0.3 is 9.84 Å². The first kappa shape index (κ1) is 16.9. The van der Waals surface area contributed by atoms with E-state index in [-0.39, 0.29) is 10.6 Å². The second-order valence-electron chi connectivity index (χ2n) is 4.21. The number of esters is 1. The van der Waals surface area contributed by atoms with E-state index < -0.39 is 38.2 Å². The number of hydrogen-bond donors (Lipinski definition) is 2. The molecule has 0 aliphatic heterocycles. The van der Waals surface area contributed by atoms with Gasteiger partial charge in [-0.1, -0.05) is 0 Å². The number of thiophene rings is 1. The van der Waals surface area contributed by atoms with Gasteiger partial charge in [0.25, 0.3) is 10.0 Å². The third-order valence-electron chi connectivity index (χ3n) is 2.76. The normalized spacial score (nSPS) is 11.0. The van der Waals surface area contributed by atoms with Crippen molar-refractivity contribution in [3.8, 4) is 0 Å². The number of halogens is 1. The molecular weight excluding hydrogens is 349 g/mol. The van der Waals surface area contributed by atoms with Crippen molar-refractivity contribution < 1.29 is 32.2 Å². The molecule has 2 aromatic rings. The molecule has 0 unspecified atom stereocenters. The van der Waals surface area contributed by atoms with Crippen molar-refractivity contribution in [1.82, 2.24) is 0 Å². The first-order chi connectivity index (χ1) is 10.8. The summed E-state index contributed by atoms with van der Waals surface area (Å²) >= 11 is 0.973. The number of aromatic carboxylic acids is 1. The summed E-state index contributed by atoms with van der Waals surface area (Å²) < 4.78 is 44.6. The van der Waals surface area contributed by atoms with Crippen molar-refractivity contribution >= 4 is 39.0 Å². The van der Waals surface area contributed by atoms with Gasteiger partial charge in [-0.2, -0.15) is 0 Å². The highest BCUT2D eigenvalue weighted by Crippen LogP contribution is 2.26. The number of ether oxygens (including phenoxy) is 1. The Balaban J connectivity index is 2.41. The minimum Gasteiger partial charge on any atom is -0.478 e. The second-order valence-corrected chi connectivity index (χ2v) is 6.81. The summed E-state index contributed by atoms with van der Waals surface area (Å²) in [6.45, 7) is 0. The molecule has 0 spiro atoms. The van der Waals surface area contributed by atoms with E-state index >= 15 is 0 Å². The molecule has 2 N–H and O–H groups in total. The Morgan fingerprint density at radius 1 is 1.30 bits per heavy atom. The van der Waals surface area contributed by atoms with Gasteiger partial charge in [0.05, 0.1) is 23.3 Å². The number of sulfonamides is 1. The van der Waals surface area contributed by atoms with Crippen LogP contribution in [0.1, 0.15) is 20.0 Å². The Morgan fingerprint density at radius 2 is 2.00 bits per heavy atom. The molecule has 0 aliphatic rings. The molecule has 0 amide bonds. The number of nitrogens with one attached hydrogen (secondary N) is 1. The zero-order valence-electron chi connectivity index (χ0n) is 11.6. The lowest BCUT2D eigenvalue weighted by molar-refractivity contribution is 0.0606. The molecule has 1 aromatic carbocycles. The van der Waals surface area contributed by atoms with Crippen LogP contribution in [0.25, 0.3) is 0 Å². The number of carbonyl (C=O) groups excluding carboxylic acids is 1. The van der Waals surface area contributed by atoms with Crippen molar-refractivity contribution in [1.29, 1.82) is 0 Å². The van der Waals surface area contributed by atoms with E-state index in [9.17, 15) is 22.4 Å². The highest BCUT2D eigenvalue weighted by molar-refractivity contribution is 7.92. The second kappa shape index (κ2) is 6.34. The zero-order valence-corrected chi connectivity index (χ0v) is 13.2. The topological polar surface area (TPSA) is 110 Å². The molecule has 0 fully saturated rings. The van der Waals surface area contributed by atoms with Gasteiger partial charge in [0, 0.05) is 0 Å². The number of benzene rings is 1. The van der Waals surface area contributed by atoms with Gasteiger partial charge in [-0.15, -0.1) is 11.3 Å². The molecule has 1 aromatic heterocycles. The summed E-state index contributed by atoms with van der Waals surface area (Å²) in [5, 5.41) is 10.3. The van der Waals surface area contributed by atoms with Crippen molar-refractivity contribution in [2.45, 2.75) is 4.90 Å². The van der Waals surface area contributed by atoms with Gasteiger partial charge >= 0.3 is 11.9 Å². The van der Waals surface area contributed by atoms with Crippen LogP contribution in [-0.4, -0.2) is 32.6 Å². The number of carboxylic acid groups (broad SMARTS) is 1. The molecule has 0 radical (unpaired) electrons. The average Bonchev–Trinajstić information content (AvgIpc) is 2.93. The van der Waals surface area contributed by atoms with E-state index in [1.807, 2.05) is 0 Å². The number of carbonyl (C=O) groups is 2. The first-order valence-corrected chi connectivity index (χ1v) is 8.34. The minimum atomic E-state index is -4.20. The fourth-order valence-electron chi connectivity index (χ4n) is 1.68. The Hall–Kier alpha value is -2.46. The summed E-state index contributed by atoms with van der Waals surface area (Å²) in [5.41, 5.74) is -0.783. The first-order valence-electron chi connectivity index (χ1n) is 5.97. The van der Waals surface area contributed by atoms with Gasteiger partial charge in [0.2, 0.25) is 0 Å². The summed E-state index contributed by atoms with van der Waals surface area (Å²) in [5.74, 6) is -3.37. The fraction of sp³-hybridized carbons (Fsp3) is 0.0769. The van der Waals surface area contributed by atoms with Gasteiger partial charge in [0.15, 0.2) is 0 Å². The summed E-state index contributed by atoms with van der Waals surface area (Å²) in [6.07, 6.45) is 0. The van der Waals surface area contributed by atoms with Crippen LogP contribution < -0.4 is 4.72 Å². The van der Waals surface area contributed by atoms with Crippen LogP contribution in [0.2, 0.25) is 0 Å². The van der Waals surface area contributed by atoms with E-state index in [0.717, 1.165) is 30.6 Å². The Morgan fingerprint density at radius 3 is 2.61 bits per heavy atom. The van der Waals surface area contributed by atoms with Gasteiger partial charge in [0.1, 0.15) is 10.7 Å². The van der Waals surface area contributed by atoms with E-state index in [2.05, 4.69) is 9.46 Å². The Labute approximate surface area is 134 Å². The molecule has 0 aliphatic carbocycles. The number of rotatable bonds is 5. The quantitative estimate of drug-likeness (QED) is 0.792. The van der Waals surface area contributed by atoms with E-state index in [1.165, 1.54) is 11.4 Å². The summed E-state index contributed by atoms with van der Waals surface area (Å²) in [6, 6.07) is 3.72. The molecule has 2 rings (SSSR count). The Bertz CT molecular complexity index is 874. The van der Waals surface area contributed by atoms with Crippen molar-refractivity contribution in [2.24, 2.45) is 0 Å². The van der Waals surface area contributed by atoms with Gasteiger partial charge in [-0.25, -0.2) is 22.4 Å². The monoisotopic (exact) mass is 359 g/mol. The van der Waals surface area contributed by atoms with E-state index in [1.54, 1.807) is 0 Å². The van der Waals surface area contributed by atoms with Crippen LogP contribution in [-0.2, 0) is 14.8 Å². The molecule has 0 atom stereocenters. The van der Waals surface area contributed by atoms with Gasteiger partial charge in [-0.3, -0.25) is 4.72 Å².